The molecule has 7 heteroatoms. The van der Waals surface area contributed by atoms with Crippen LogP contribution in [0.2, 0.25) is 0 Å². The van der Waals surface area contributed by atoms with Crippen LogP contribution in [-0.4, -0.2) is 60.3 Å². The number of hydrogen-bond donors (Lipinski definition) is 2. The molecule has 2 N–H and O–H groups in total. The summed E-state index contributed by atoms with van der Waals surface area (Å²) < 4.78 is 11.3. The first-order valence-electron chi connectivity index (χ1n) is 10.9. The Morgan fingerprint density at radius 3 is 2.57 bits per heavy atom. The van der Waals surface area contributed by atoms with Gasteiger partial charge in [-0.05, 0) is 24.5 Å². The minimum Gasteiger partial charge on any atom is -0.361 e. The maximum atomic E-state index is 13.4. The second-order valence-corrected chi connectivity index (χ2v) is 8.55. The van der Waals surface area contributed by atoms with Crippen molar-refractivity contribution in [3.05, 3.63) is 36.0 Å². The number of para-hydroxylation sites is 1. The third-order valence-electron chi connectivity index (χ3n) is 6.12. The number of amides is 2. The zero-order chi connectivity index (χ0) is 21.1. The van der Waals surface area contributed by atoms with E-state index < -0.39 is 6.04 Å². The smallest absolute Gasteiger partial charge is 0.245 e. The molecule has 2 aromatic rings. The highest BCUT2D eigenvalue weighted by Gasteiger charge is 2.34. The van der Waals surface area contributed by atoms with Crippen LogP contribution in [-0.2, 0) is 25.5 Å². The number of aromatic nitrogens is 1. The monoisotopic (exact) mass is 413 g/mol. The van der Waals surface area contributed by atoms with Crippen LogP contribution in [0.25, 0.3) is 10.9 Å². The summed E-state index contributed by atoms with van der Waals surface area (Å²) in [5, 5.41) is 4.08. The minimum absolute atomic E-state index is 0.0130. The molecule has 3 heterocycles. The van der Waals surface area contributed by atoms with Gasteiger partial charge in [0.1, 0.15) is 6.04 Å². The van der Waals surface area contributed by atoms with Gasteiger partial charge in [-0.1, -0.05) is 32.0 Å². The van der Waals surface area contributed by atoms with Crippen LogP contribution in [0.3, 0.4) is 0 Å². The summed E-state index contributed by atoms with van der Waals surface area (Å²) in [6.45, 7) is 6.31. The number of carbonyl (C=O) groups is 2. The van der Waals surface area contributed by atoms with E-state index in [9.17, 15) is 9.59 Å². The molecule has 0 saturated carbocycles. The standard InChI is InChI=1S/C23H31N3O4/c1-15(2)21(27)25-20(13-17-14-24-19-6-4-3-5-18(17)19)22(28)26-9-7-16(8-10-26)23-29-11-12-30-23/h3-6,14-16,20,23-24H,7-13H2,1-2H3,(H,25,27). The first kappa shape index (κ1) is 20.9. The number of fused-ring (bicyclic) bond motifs is 1. The van der Waals surface area contributed by atoms with Gasteiger partial charge in [-0.15, -0.1) is 0 Å². The Morgan fingerprint density at radius 1 is 1.17 bits per heavy atom. The van der Waals surface area contributed by atoms with Crippen LogP contribution in [0.15, 0.2) is 30.5 Å². The summed E-state index contributed by atoms with van der Waals surface area (Å²) in [4.78, 5) is 31.0. The van der Waals surface area contributed by atoms with Crippen molar-refractivity contribution in [3.8, 4) is 0 Å². The Bertz CT molecular complexity index is 879. The highest BCUT2D eigenvalue weighted by Crippen LogP contribution is 2.27. The van der Waals surface area contributed by atoms with Crippen molar-refractivity contribution in [1.29, 1.82) is 0 Å². The Labute approximate surface area is 177 Å². The summed E-state index contributed by atoms with van der Waals surface area (Å²) in [5.74, 6) is 0.0383. The number of nitrogens with zero attached hydrogens (tertiary/aromatic N) is 1. The average molecular weight is 414 g/mol. The van der Waals surface area contributed by atoms with Crippen LogP contribution in [0.4, 0.5) is 0 Å². The van der Waals surface area contributed by atoms with E-state index in [2.05, 4.69) is 10.3 Å². The molecule has 4 rings (SSSR count). The van der Waals surface area contributed by atoms with Gasteiger partial charge in [-0.25, -0.2) is 0 Å². The van der Waals surface area contributed by atoms with E-state index >= 15 is 0 Å². The molecule has 0 radical (unpaired) electrons. The molecule has 1 aromatic heterocycles. The van der Waals surface area contributed by atoms with Crippen molar-refractivity contribution in [2.45, 2.75) is 45.4 Å². The Kier molecular flexibility index (Phi) is 6.39. The van der Waals surface area contributed by atoms with Crippen LogP contribution in [0, 0.1) is 11.8 Å². The number of benzene rings is 1. The number of hydrogen-bond acceptors (Lipinski definition) is 4. The molecule has 30 heavy (non-hydrogen) atoms. The molecule has 2 amide bonds. The fourth-order valence-electron chi connectivity index (χ4n) is 4.32. The van der Waals surface area contributed by atoms with Crippen molar-refractivity contribution >= 4 is 22.7 Å². The predicted molar refractivity (Wildman–Crippen MR) is 114 cm³/mol. The molecular formula is C23H31N3O4. The molecule has 2 aliphatic rings. The summed E-state index contributed by atoms with van der Waals surface area (Å²) in [5.41, 5.74) is 2.07. The van der Waals surface area contributed by atoms with E-state index in [1.54, 1.807) is 0 Å². The summed E-state index contributed by atoms with van der Waals surface area (Å²) in [7, 11) is 0. The van der Waals surface area contributed by atoms with Gasteiger partial charge in [-0.3, -0.25) is 9.59 Å². The van der Waals surface area contributed by atoms with Gasteiger partial charge in [0.15, 0.2) is 6.29 Å². The van der Waals surface area contributed by atoms with Gasteiger partial charge < -0.3 is 24.7 Å². The number of carbonyl (C=O) groups excluding carboxylic acids is 2. The molecule has 2 aliphatic heterocycles. The number of piperidine rings is 1. The second kappa shape index (κ2) is 9.18. The van der Waals surface area contributed by atoms with Crippen molar-refractivity contribution in [2.24, 2.45) is 11.8 Å². The van der Waals surface area contributed by atoms with E-state index in [1.807, 2.05) is 49.2 Å². The van der Waals surface area contributed by atoms with Gasteiger partial charge in [0.25, 0.3) is 0 Å². The summed E-state index contributed by atoms with van der Waals surface area (Å²) in [6, 6.07) is 7.45. The van der Waals surface area contributed by atoms with E-state index in [0.717, 1.165) is 29.3 Å². The number of nitrogens with one attached hydrogen (secondary N) is 2. The zero-order valence-electron chi connectivity index (χ0n) is 17.7. The lowest BCUT2D eigenvalue weighted by molar-refractivity contribution is -0.141. The lowest BCUT2D eigenvalue weighted by Crippen LogP contribution is -2.53. The first-order chi connectivity index (χ1) is 14.5. The Hall–Kier alpha value is -2.38. The number of ether oxygens (including phenoxy) is 2. The molecule has 2 fully saturated rings. The molecular weight excluding hydrogens is 382 g/mol. The highest BCUT2D eigenvalue weighted by molar-refractivity contribution is 5.90. The van der Waals surface area contributed by atoms with Crippen LogP contribution >= 0.6 is 0 Å². The lowest BCUT2D eigenvalue weighted by Gasteiger charge is -2.36. The average Bonchev–Trinajstić information content (AvgIpc) is 3.43. The molecule has 1 atom stereocenters. The number of likely N-dealkylation sites (tertiary alicyclic amines) is 1. The molecule has 1 aromatic carbocycles. The number of rotatable bonds is 6. The van der Waals surface area contributed by atoms with Gasteiger partial charge in [0.2, 0.25) is 11.8 Å². The SMILES string of the molecule is CC(C)C(=O)NC(Cc1c[nH]c2ccccc12)C(=O)N1CCC(C2OCCO2)CC1. The topological polar surface area (TPSA) is 83.7 Å². The fraction of sp³-hybridized carbons (Fsp3) is 0.565. The zero-order valence-corrected chi connectivity index (χ0v) is 17.7. The quantitative estimate of drug-likeness (QED) is 0.762. The van der Waals surface area contributed by atoms with Crippen molar-refractivity contribution < 1.29 is 19.1 Å². The number of aromatic amines is 1. The first-order valence-corrected chi connectivity index (χ1v) is 10.9. The van der Waals surface area contributed by atoms with E-state index in [4.69, 9.17) is 9.47 Å². The van der Waals surface area contributed by atoms with E-state index in [0.29, 0.717) is 38.6 Å². The van der Waals surface area contributed by atoms with Crippen LogP contribution < -0.4 is 5.32 Å². The van der Waals surface area contributed by atoms with Crippen molar-refractivity contribution in [1.82, 2.24) is 15.2 Å². The lowest BCUT2D eigenvalue weighted by atomic mass is 9.95. The van der Waals surface area contributed by atoms with E-state index in [1.165, 1.54) is 0 Å². The Balaban J connectivity index is 1.46. The second-order valence-electron chi connectivity index (χ2n) is 8.55. The van der Waals surface area contributed by atoms with E-state index in [-0.39, 0.29) is 24.0 Å². The molecule has 0 aliphatic carbocycles. The maximum Gasteiger partial charge on any atom is 0.245 e. The van der Waals surface area contributed by atoms with Gasteiger partial charge in [0.05, 0.1) is 13.2 Å². The molecule has 0 spiro atoms. The van der Waals surface area contributed by atoms with Crippen LogP contribution in [0.1, 0.15) is 32.3 Å². The summed E-state index contributed by atoms with van der Waals surface area (Å²) in [6.07, 6.45) is 3.98. The van der Waals surface area contributed by atoms with Crippen LogP contribution in [0.5, 0.6) is 0 Å². The molecule has 0 bridgehead atoms. The third kappa shape index (κ3) is 4.52. The molecule has 162 valence electrons. The minimum atomic E-state index is -0.574. The fourth-order valence-corrected chi connectivity index (χ4v) is 4.32. The molecule has 2 saturated heterocycles. The Morgan fingerprint density at radius 2 is 1.87 bits per heavy atom. The van der Waals surface area contributed by atoms with Crippen molar-refractivity contribution in [3.63, 3.8) is 0 Å². The number of H-pyrrole nitrogens is 1. The van der Waals surface area contributed by atoms with Crippen molar-refractivity contribution in [2.75, 3.05) is 26.3 Å². The largest absolute Gasteiger partial charge is 0.361 e. The molecule has 1 unspecified atom stereocenters. The normalized spacial score (nSPS) is 19.5. The third-order valence-corrected chi connectivity index (χ3v) is 6.12. The van der Waals surface area contributed by atoms with Gasteiger partial charge in [0, 0.05) is 48.4 Å². The summed E-state index contributed by atoms with van der Waals surface area (Å²) >= 11 is 0. The predicted octanol–water partition coefficient (Wildman–Crippen LogP) is 2.46. The highest BCUT2D eigenvalue weighted by atomic mass is 16.7. The molecule has 7 nitrogen and oxygen atoms in total. The maximum absolute atomic E-state index is 13.4. The van der Waals surface area contributed by atoms with Gasteiger partial charge >= 0.3 is 0 Å². The van der Waals surface area contributed by atoms with Gasteiger partial charge in [-0.2, -0.15) is 0 Å².